The van der Waals surface area contributed by atoms with Gasteiger partial charge < -0.3 is 9.47 Å². The predicted molar refractivity (Wildman–Crippen MR) is 116 cm³/mol. The lowest BCUT2D eigenvalue weighted by Crippen LogP contribution is -2.23. The number of hydroxylamine groups is 1. The molecule has 1 aliphatic rings. The average Bonchev–Trinajstić information content (AvgIpc) is 3.23. The third-order valence-corrected chi connectivity index (χ3v) is 7.64. The molecule has 3 rings (SSSR count). The Morgan fingerprint density at radius 2 is 1.81 bits per heavy atom. The molecule has 2 N–H and O–H groups in total. The third kappa shape index (κ3) is 4.91. The molecule has 31 heavy (non-hydrogen) atoms. The number of amides is 1. The van der Waals surface area contributed by atoms with E-state index in [1.807, 2.05) is 30.3 Å². The molecule has 0 heterocycles. The Bertz CT molecular complexity index is 1060. The lowest BCUT2D eigenvalue weighted by molar-refractivity contribution is -0.125. The molecule has 0 saturated heterocycles. The molecule has 0 fully saturated rings. The number of nitrogens with one attached hydrogen (secondary N) is 1. The van der Waals surface area contributed by atoms with Gasteiger partial charge in [-0.25, -0.2) is 13.9 Å². The first-order chi connectivity index (χ1) is 14.9. The third-order valence-electron chi connectivity index (χ3n) is 5.60. The molecule has 1 atom stereocenters. The summed E-state index contributed by atoms with van der Waals surface area (Å²) in [5.41, 5.74) is 2.89. The van der Waals surface area contributed by atoms with Crippen LogP contribution in [0.1, 0.15) is 31.2 Å². The molecule has 0 aromatic heterocycles. The summed E-state index contributed by atoms with van der Waals surface area (Å²) in [4.78, 5) is 12.3. The highest BCUT2D eigenvalue weighted by molar-refractivity contribution is 7.95. The van der Waals surface area contributed by atoms with E-state index in [1.165, 1.54) is 38.0 Å². The number of allylic oxidation sites excluding steroid dienone is 1. The van der Waals surface area contributed by atoms with Crippen LogP contribution in [0.3, 0.4) is 0 Å². The molecular formula is C23H27NO6S. The summed E-state index contributed by atoms with van der Waals surface area (Å²) in [6.07, 6.45) is 3.07. The van der Waals surface area contributed by atoms with Gasteiger partial charge in [0.2, 0.25) is 9.84 Å². The molecule has 0 radical (unpaired) electrons. The molecule has 8 heteroatoms. The van der Waals surface area contributed by atoms with Gasteiger partial charge in [-0.1, -0.05) is 30.3 Å². The van der Waals surface area contributed by atoms with E-state index in [2.05, 4.69) is 0 Å². The van der Waals surface area contributed by atoms with Crippen molar-refractivity contribution in [2.24, 2.45) is 5.92 Å². The van der Waals surface area contributed by atoms with Gasteiger partial charge in [-0.2, -0.15) is 0 Å². The molecule has 1 unspecified atom stereocenters. The number of carbonyl (C=O) groups is 1. The number of hydrogen-bond acceptors (Lipinski definition) is 6. The average molecular weight is 446 g/mol. The van der Waals surface area contributed by atoms with Crippen molar-refractivity contribution in [2.75, 3.05) is 14.2 Å². The summed E-state index contributed by atoms with van der Waals surface area (Å²) in [6.45, 7) is 0. The first kappa shape index (κ1) is 22.8. The van der Waals surface area contributed by atoms with E-state index < -0.39 is 15.7 Å². The predicted octanol–water partition coefficient (Wildman–Crippen LogP) is 3.67. The summed E-state index contributed by atoms with van der Waals surface area (Å²) in [7, 11) is -1.07. The molecular weight excluding hydrogens is 418 g/mol. The van der Waals surface area contributed by atoms with Gasteiger partial charge >= 0.3 is 0 Å². The minimum absolute atomic E-state index is 0.0262. The summed E-state index contributed by atoms with van der Waals surface area (Å²) in [5.74, 6) is -0.371. The Hall–Kier alpha value is -2.84. The van der Waals surface area contributed by atoms with Crippen molar-refractivity contribution < 1.29 is 27.9 Å². The standard InChI is InChI=1S/C23H27NO6S/c1-29-20-14-12-18(15-21(20)30-2)31(27,28)22-17(11-13-19(22)23(25)24-26)10-6-9-16-7-4-3-5-8-16/h3-5,7-8,12,14-15,17,26H,6,9-11,13H2,1-2H3,(H,24,25). The second kappa shape index (κ2) is 9.98. The van der Waals surface area contributed by atoms with Gasteiger partial charge in [-0.3, -0.25) is 10.0 Å². The number of sulfone groups is 1. The number of benzene rings is 2. The summed E-state index contributed by atoms with van der Waals surface area (Å²) >= 11 is 0. The van der Waals surface area contributed by atoms with Gasteiger partial charge in [0.1, 0.15) is 0 Å². The van der Waals surface area contributed by atoms with Crippen molar-refractivity contribution in [1.82, 2.24) is 5.48 Å². The van der Waals surface area contributed by atoms with E-state index in [0.717, 1.165) is 12.8 Å². The van der Waals surface area contributed by atoms with Gasteiger partial charge in [0.05, 0.1) is 24.0 Å². The number of rotatable bonds is 9. The Kier molecular flexibility index (Phi) is 7.35. The number of aryl methyl sites for hydroxylation is 1. The fourth-order valence-electron chi connectivity index (χ4n) is 4.08. The lowest BCUT2D eigenvalue weighted by atomic mass is 9.99. The molecule has 0 bridgehead atoms. The van der Waals surface area contributed by atoms with Crippen LogP contribution in [-0.2, 0) is 21.1 Å². The zero-order valence-corrected chi connectivity index (χ0v) is 18.4. The summed E-state index contributed by atoms with van der Waals surface area (Å²) < 4.78 is 37.6. The maximum atomic E-state index is 13.6. The van der Waals surface area contributed by atoms with Crippen molar-refractivity contribution in [3.63, 3.8) is 0 Å². The molecule has 0 aliphatic heterocycles. The SMILES string of the molecule is COc1ccc(S(=O)(=O)C2=C(C(=O)NO)CCC2CCCc2ccccc2)cc1OC. The van der Waals surface area contributed by atoms with E-state index in [4.69, 9.17) is 14.7 Å². The van der Waals surface area contributed by atoms with E-state index in [-0.39, 0.29) is 27.0 Å². The monoisotopic (exact) mass is 445 g/mol. The first-order valence-electron chi connectivity index (χ1n) is 10.1. The maximum absolute atomic E-state index is 13.6. The van der Waals surface area contributed by atoms with Crippen molar-refractivity contribution >= 4 is 15.7 Å². The van der Waals surface area contributed by atoms with Crippen LogP contribution in [-0.4, -0.2) is 33.8 Å². The van der Waals surface area contributed by atoms with Crippen LogP contribution in [0.25, 0.3) is 0 Å². The number of ether oxygens (including phenoxy) is 2. The zero-order chi connectivity index (χ0) is 22.4. The Balaban J connectivity index is 1.92. The second-order valence-corrected chi connectivity index (χ2v) is 9.34. The van der Waals surface area contributed by atoms with E-state index in [0.29, 0.717) is 25.0 Å². The number of methoxy groups -OCH3 is 2. The Morgan fingerprint density at radius 1 is 1.10 bits per heavy atom. The van der Waals surface area contributed by atoms with Crippen LogP contribution >= 0.6 is 0 Å². The van der Waals surface area contributed by atoms with Gasteiger partial charge in [0, 0.05) is 11.6 Å². The minimum atomic E-state index is -3.97. The fourth-order valence-corrected chi connectivity index (χ4v) is 6.03. The zero-order valence-electron chi connectivity index (χ0n) is 17.6. The van der Waals surface area contributed by atoms with Gasteiger partial charge in [0.15, 0.2) is 11.5 Å². The van der Waals surface area contributed by atoms with Crippen LogP contribution in [0, 0.1) is 5.92 Å². The summed E-state index contributed by atoms with van der Waals surface area (Å²) in [5, 5.41) is 9.15. The number of carbonyl (C=O) groups excluding carboxylic acids is 1. The van der Waals surface area contributed by atoms with E-state index in [1.54, 1.807) is 5.48 Å². The highest BCUT2D eigenvalue weighted by atomic mass is 32.2. The van der Waals surface area contributed by atoms with E-state index >= 15 is 0 Å². The van der Waals surface area contributed by atoms with Crippen molar-refractivity contribution in [3.05, 3.63) is 64.6 Å². The molecule has 0 saturated carbocycles. The molecule has 1 amide bonds. The first-order valence-corrected chi connectivity index (χ1v) is 11.6. The summed E-state index contributed by atoms with van der Waals surface area (Å²) in [6, 6.07) is 14.3. The van der Waals surface area contributed by atoms with Crippen LogP contribution in [0.15, 0.2) is 63.9 Å². The number of hydrogen-bond donors (Lipinski definition) is 2. The highest BCUT2D eigenvalue weighted by Gasteiger charge is 2.38. The van der Waals surface area contributed by atoms with Gasteiger partial charge in [-0.05, 0) is 55.7 Å². The van der Waals surface area contributed by atoms with Crippen molar-refractivity contribution in [1.29, 1.82) is 0 Å². The van der Waals surface area contributed by atoms with Gasteiger partial charge in [0.25, 0.3) is 5.91 Å². The van der Waals surface area contributed by atoms with Crippen molar-refractivity contribution in [3.8, 4) is 11.5 Å². The smallest absolute Gasteiger partial charge is 0.271 e. The van der Waals surface area contributed by atoms with Crippen LogP contribution in [0.2, 0.25) is 0 Å². The normalized spacial score (nSPS) is 16.3. The van der Waals surface area contributed by atoms with Crippen LogP contribution in [0.5, 0.6) is 11.5 Å². The molecule has 7 nitrogen and oxygen atoms in total. The minimum Gasteiger partial charge on any atom is -0.493 e. The Labute approximate surface area is 182 Å². The molecule has 1 aliphatic carbocycles. The van der Waals surface area contributed by atoms with Crippen LogP contribution in [0.4, 0.5) is 0 Å². The highest BCUT2D eigenvalue weighted by Crippen LogP contribution is 2.42. The molecule has 2 aromatic rings. The molecule has 2 aromatic carbocycles. The van der Waals surface area contributed by atoms with Crippen LogP contribution < -0.4 is 15.0 Å². The maximum Gasteiger partial charge on any atom is 0.271 e. The molecule has 166 valence electrons. The van der Waals surface area contributed by atoms with Crippen molar-refractivity contribution in [2.45, 2.75) is 37.0 Å². The second-order valence-electron chi connectivity index (χ2n) is 7.42. The van der Waals surface area contributed by atoms with Gasteiger partial charge in [-0.15, -0.1) is 0 Å². The lowest BCUT2D eigenvalue weighted by Gasteiger charge is -2.17. The largest absolute Gasteiger partial charge is 0.493 e. The molecule has 0 spiro atoms. The van der Waals surface area contributed by atoms with E-state index in [9.17, 15) is 13.2 Å². The Morgan fingerprint density at radius 3 is 2.45 bits per heavy atom. The fraction of sp³-hybridized carbons (Fsp3) is 0.348. The quantitative estimate of drug-likeness (QED) is 0.451. The topological polar surface area (TPSA) is 102 Å².